The van der Waals surface area contributed by atoms with Crippen molar-refractivity contribution in [1.82, 2.24) is 4.98 Å². The number of carbonyl (C=O) groups is 2. The molecular weight excluding hydrogens is 338 g/mol. The topological polar surface area (TPSA) is 121 Å². The van der Waals surface area contributed by atoms with Crippen molar-refractivity contribution in [1.29, 1.82) is 0 Å². The number of nitrogens with zero attached hydrogens (tertiary/aromatic N) is 1. The van der Waals surface area contributed by atoms with Crippen molar-refractivity contribution in [2.75, 3.05) is 23.8 Å². The van der Waals surface area contributed by atoms with Gasteiger partial charge in [-0.05, 0) is 30.3 Å². The van der Waals surface area contributed by atoms with E-state index in [1.165, 1.54) is 18.3 Å². The predicted octanol–water partition coefficient (Wildman–Crippen LogP) is 1.52. The second kappa shape index (κ2) is 7.51. The van der Waals surface area contributed by atoms with E-state index in [0.29, 0.717) is 30.1 Å². The molecule has 0 saturated carbocycles. The monoisotopic (exact) mass is 357 g/mol. The number of phenols is 1. The van der Waals surface area contributed by atoms with Crippen molar-refractivity contribution in [3.8, 4) is 5.75 Å². The molecule has 3 rings (SSSR count). The van der Waals surface area contributed by atoms with Gasteiger partial charge in [-0.25, -0.2) is 4.98 Å². The van der Waals surface area contributed by atoms with Gasteiger partial charge in [0.15, 0.2) is 0 Å². The molecule has 0 bridgehead atoms. The number of aromatic hydroxyl groups is 1. The first kappa shape index (κ1) is 17.8. The van der Waals surface area contributed by atoms with Gasteiger partial charge >= 0.3 is 0 Å². The smallest absolute Gasteiger partial charge is 0.256 e. The van der Waals surface area contributed by atoms with Crippen molar-refractivity contribution < 1.29 is 24.5 Å². The van der Waals surface area contributed by atoms with Gasteiger partial charge in [0.05, 0.1) is 30.5 Å². The minimum absolute atomic E-state index is 0.00186. The molecule has 1 atom stereocenters. The highest BCUT2D eigenvalue weighted by atomic mass is 16.5. The first-order valence-electron chi connectivity index (χ1n) is 8.10. The van der Waals surface area contributed by atoms with Crippen LogP contribution in [-0.2, 0) is 9.53 Å². The summed E-state index contributed by atoms with van der Waals surface area (Å²) in [6.07, 6.45) is 1.78. The van der Waals surface area contributed by atoms with Crippen molar-refractivity contribution in [3.05, 3.63) is 48.2 Å². The van der Waals surface area contributed by atoms with Crippen LogP contribution in [0.25, 0.3) is 0 Å². The number of hydrogen-bond donors (Lipinski definition) is 4. The summed E-state index contributed by atoms with van der Waals surface area (Å²) >= 11 is 0. The molecule has 1 aliphatic rings. The van der Waals surface area contributed by atoms with E-state index in [0.717, 1.165) is 0 Å². The van der Waals surface area contributed by atoms with Gasteiger partial charge < -0.3 is 25.6 Å². The predicted molar refractivity (Wildman–Crippen MR) is 93.9 cm³/mol. The van der Waals surface area contributed by atoms with Crippen LogP contribution in [0.4, 0.5) is 11.5 Å². The molecular formula is C18H19N3O5. The van der Waals surface area contributed by atoms with Crippen LogP contribution in [0.15, 0.2) is 42.6 Å². The Morgan fingerprint density at radius 2 is 2.08 bits per heavy atom. The van der Waals surface area contributed by atoms with E-state index < -0.39 is 11.5 Å². The number of anilines is 2. The van der Waals surface area contributed by atoms with Crippen LogP contribution in [0.1, 0.15) is 23.2 Å². The second-order valence-electron chi connectivity index (χ2n) is 6.19. The van der Waals surface area contributed by atoms with E-state index in [1.54, 1.807) is 24.3 Å². The first-order chi connectivity index (χ1) is 12.4. The van der Waals surface area contributed by atoms with E-state index in [2.05, 4.69) is 15.6 Å². The molecule has 0 spiro atoms. The third-order valence-electron chi connectivity index (χ3n) is 3.97. The van der Waals surface area contributed by atoms with Crippen LogP contribution < -0.4 is 10.6 Å². The standard InChI is InChI=1S/C18H19N3O5/c22-14-3-1-2-12(8-14)17(24)21-15-5-4-13(10-19-15)20-16(23)9-18(25)6-7-26-11-18/h1-5,8,10,22,25H,6-7,9,11H2,(H,20,23)(H,19,21,24). The highest BCUT2D eigenvalue weighted by molar-refractivity contribution is 6.04. The van der Waals surface area contributed by atoms with Crippen molar-refractivity contribution >= 4 is 23.3 Å². The summed E-state index contributed by atoms with van der Waals surface area (Å²) in [4.78, 5) is 28.2. The third kappa shape index (κ3) is 4.56. The molecule has 1 saturated heterocycles. The summed E-state index contributed by atoms with van der Waals surface area (Å²) in [6.45, 7) is 0.595. The number of benzene rings is 1. The number of rotatable bonds is 5. The fraction of sp³-hybridized carbons (Fsp3) is 0.278. The summed E-state index contributed by atoms with van der Waals surface area (Å²) in [5.74, 6) is -0.442. The maximum absolute atomic E-state index is 12.1. The lowest BCUT2D eigenvalue weighted by Gasteiger charge is -2.19. The molecule has 26 heavy (non-hydrogen) atoms. The van der Waals surface area contributed by atoms with Gasteiger partial charge in [0.2, 0.25) is 5.91 Å². The van der Waals surface area contributed by atoms with E-state index in [4.69, 9.17) is 4.74 Å². The second-order valence-corrected chi connectivity index (χ2v) is 6.19. The van der Waals surface area contributed by atoms with Gasteiger partial charge in [0.1, 0.15) is 11.6 Å². The lowest BCUT2D eigenvalue weighted by atomic mass is 9.99. The molecule has 2 amide bonds. The quantitative estimate of drug-likeness (QED) is 0.644. The Hall–Kier alpha value is -2.97. The van der Waals surface area contributed by atoms with E-state index in [1.807, 2.05) is 0 Å². The zero-order valence-electron chi connectivity index (χ0n) is 13.9. The Morgan fingerprint density at radius 1 is 1.23 bits per heavy atom. The number of aromatic nitrogens is 1. The van der Waals surface area contributed by atoms with Gasteiger partial charge in [-0.2, -0.15) is 0 Å². The molecule has 136 valence electrons. The van der Waals surface area contributed by atoms with E-state index in [-0.39, 0.29) is 24.7 Å². The van der Waals surface area contributed by atoms with Crippen LogP contribution in [-0.4, -0.2) is 45.8 Å². The molecule has 1 aromatic heterocycles. The normalized spacial score (nSPS) is 19.1. The number of nitrogens with one attached hydrogen (secondary N) is 2. The van der Waals surface area contributed by atoms with Crippen LogP contribution in [0.5, 0.6) is 5.75 Å². The fourth-order valence-corrected chi connectivity index (χ4v) is 2.62. The number of aliphatic hydroxyl groups is 1. The lowest BCUT2D eigenvalue weighted by Crippen LogP contribution is -2.34. The van der Waals surface area contributed by atoms with Crippen molar-refractivity contribution in [3.63, 3.8) is 0 Å². The molecule has 1 aromatic carbocycles. The van der Waals surface area contributed by atoms with E-state index in [9.17, 15) is 19.8 Å². The summed E-state index contributed by atoms with van der Waals surface area (Å²) in [7, 11) is 0. The molecule has 4 N–H and O–H groups in total. The molecule has 0 aliphatic carbocycles. The SMILES string of the molecule is O=C(CC1(O)CCOC1)Nc1ccc(NC(=O)c2cccc(O)c2)nc1. The zero-order chi connectivity index (χ0) is 18.6. The molecule has 1 fully saturated rings. The maximum Gasteiger partial charge on any atom is 0.256 e. The number of carbonyl (C=O) groups excluding carboxylic acids is 2. The molecule has 8 nitrogen and oxygen atoms in total. The molecule has 2 heterocycles. The van der Waals surface area contributed by atoms with Crippen LogP contribution in [0, 0.1) is 0 Å². The molecule has 8 heteroatoms. The lowest BCUT2D eigenvalue weighted by molar-refractivity contribution is -0.121. The van der Waals surface area contributed by atoms with Gasteiger partial charge in [0, 0.05) is 18.6 Å². The Bertz CT molecular complexity index is 801. The highest BCUT2D eigenvalue weighted by Gasteiger charge is 2.34. The Kier molecular flexibility index (Phi) is 5.15. The van der Waals surface area contributed by atoms with Crippen LogP contribution >= 0.6 is 0 Å². The third-order valence-corrected chi connectivity index (χ3v) is 3.97. The molecule has 1 aliphatic heterocycles. The van der Waals surface area contributed by atoms with Gasteiger partial charge in [-0.3, -0.25) is 9.59 Å². The van der Waals surface area contributed by atoms with E-state index >= 15 is 0 Å². The Morgan fingerprint density at radius 3 is 2.73 bits per heavy atom. The Balaban J connectivity index is 1.56. The number of pyridine rings is 1. The van der Waals surface area contributed by atoms with Crippen molar-refractivity contribution in [2.24, 2.45) is 0 Å². The zero-order valence-corrected chi connectivity index (χ0v) is 13.9. The van der Waals surface area contributed by atoms with Gasteiger partial charge in [-0.1, -0.05) is 6.07 Å². The largest absolute Gasteiger partial charge is 0.508 e. The number of ether oxygens (including phenoxy) is 1. The minimum atomic E-state index is -1.12. The van der Waals surface area contributed by atoms with Gasteiger partial charge in [0.25, 0.3) is 5.91 Å². The fourth-order valence-electron chi connectivity index (χ4n) is 2.62. The van der Waals surface area contributed by atoms with Crippen molar-refractivity contribution in [2.45, 2.75) is 18.4 Å². The summed E-state index contributed by atoms with van der Waals surface area (Å²) < 4.78 is 5.11. The van der Waals surface area contributed by atoms with Gasteiger partial charge in [-0.15, -0.1) is 0 Å². The summed E-state index contributed by atoms with van der Waals surface area (Å²) in [5.41, 5.74) is -0.365. The molecule has 2 aromatic rings. The molecule has 1 unspecified atom stereocenters. The first-order valence-corrected chi connectivity index (χ1v) is 8.10. The minimum Gasteiger partial charge on any atom is -0.508 e. The number of amides is 2. The maximum atomic E-state index is 12.1. The van der Waals surface area contributed by atoms with Crippen LogP contribution in [0.3, 0.4) is 0 Å². The number of phenolic OH excluding ortho intramolecular Hbond substituents is 1. The summed E-state index contributed by atoms with van der Waals surface area (Å²) in [6, 6.07) is 9.10. The number of hydrogen-bond acceptors (Lipinski definition) is 6. The molecule has 0 radical (unpaired) electrons. The Labute approximate surface area is 149 Å². The summed E-state index contributed by atoms with van der Waals surface area (Å²) in [5, 5.41) is 24.8. The van der Waals surface area contributed by atoms with Crippen LogP contribution in [0.2, 0.25) is 0 Å². The average molecular weight is 357 g/mol. The highest BCUT2D eigenvalue weighted by Crippen LogP contribution is 2.23. The average Bonchev–Trinajstić information content (AvgIpc) is 3.02.